The van der Waals surface area contributed by atoms with Crippen molar-refractivity contribution >= 4 is 12.0 Å². The van der Waals surface area contributed by atoms with Crippen molar-refractivity contribution < 1.29 is 23.6 Å². The zero-order valence-electron chi connectivity index (χ0n) is 9.34. The topological polar surface area (TPSA) is 81.9 Å². The first kappa shape index (κ1) is 12.3. The van der Waals surface area contributed by atoms with E-state index in [9.17, 15) is 14.0 Å². The zero-order chi connectivity index (χ0) is 13.1. The van der Waals surface area contributed by atoms with Crippen LogP contribution in [0.1, 0.15) is 5.56 Å². The minimum absolute atomic E-state index is 0.0665. The van der Waals surface area contributed by atoms with Crippen LogP contribution in [-0.4, -0.2) is 29.8 Å². The third-order valence-electron chi connectivity index (χ3n) is 2.40. The summed E-state index contributed by atoms with van der Waals surface area (Å²) < 4.78 is 17.3. The molecule has 6 nitrogen and oxygen atoms in total. The normalized spacial score (nSPS) is 19.1. The van der Waals surface area contributed by atoms with Crippen molar-refractivity contribution in [2.45, 2.75) is 12.6 Å². The summed E-state index contributed by atoms with van der Waals surface area (Å²) in [6, 6.07) is 5.64. The Hall–Kier alpha value is -2.15. The fourth-order valence-electron chi connectivity index (χ4n) is 1.56. The van der Waals surface area contributed by atoms with Gasteiger partial charge >= 0.3 is 6.09 Å². The molecule has 1 fully saturated rings. The van der Waals surface area contributed by atoms with Gasteiger partial charge in [0.05, 0.1) is 6.54 Å². The predicted molar refractivity (Wildman–Crippen MR) is 57.4 cm³/mol. The van der Waals surface area contributed by atoms with Crippen molar-refractivity contribution in [2.24, 2.45) is 5.73 Å². The Balaban J connectivity index is 1.97. The maximum atomic E-state index is 12.7. The van der Waals surface area contributed by atoms with Crippen LogP contribution >= 0.6 is 0 Å². The van der Waals surface area contributed by atoms with E-state index >= 15 is 0 Å². The molecule has 18 heavy (non-hydrogen) atoms. The maximum absolute atomic E-state index is 12.7. The monoisotopic (exact) mass is 254 g/mol. The average molecular weight is 254 g/mol. The Morgan fingerprint density at radius 1 is 1.50 bits per heavy atom. The van der Waals surface area contributed by atoms with Crippen LogP contribution in [0.25, 0.3) is 0 Å². The summed E-state index contributed by atoms with van der Waals surface area (Å²) in [6.45, 7) is 0.0840. The van der Waals surface area contributed by atoms with Gasteiger partial charge in [-0.2, -0.15) is 0 Å². The van der Waals surface area contributed by atoms with Crippen molar-refractivity contribution in [3.63, 3.8) is 0 Å². The van der Waals surface area contributed by atoms with Gasteiger partial charge in [0.15, 0.2) is 0 Å². The molecule has 0 radical (unpaired) electrons. The SMILES string of the molecule is NC(=O)OC1CON(Cc2ccc(F)cc2)C1=O. The highest BCUT2D eigenvalue weighted by Gasteiger charge is 2.35. The lowest BCUT2D eigenvalue weighted by Gasteiger charge is -2.14. The summed E-state index contributed by atoms with van der Waals surface area (Å²) >= 11 is 0. The number of carbonyl (C=O) groups is 2. The molecule has 1 aliphatic rings. The van der Waals surface area contributed by atoms with Crippen molar-refractivity contribution in [3.8, 4) is 0 Å². The van der Waals surface area contributed by atoms with Crippen LogP contribution < -0.4 is 5.73 Å². The lowest BCUT2D eigenvalue weighted by atomic mass is 10.2. The largest absolute Gasteiger partial charge is 0.434 e. The maximum Gasteiger partial charge on any atom is 0.405 e. The van der Waals surface area contributed by atoms with E-state index in [-0.39, 0.29) is 19.0 Å². The molecule has 1 atom stereocenters. The number of halogens is 1. The van der Waals surface area contributed by atoms with E-state index < -0.39 is 18.1 Å². The summed E-state index contributed by atoms with van der Waals surface area (Å²) in [4.78, 5) is 27.3. The second kappa shape index (κ2) is 5.01. The summed E-state index contributed by atoms with van der Waals surface area (Å²) in [6.07, 6.45) is -2.04. The van der Waals surface area contributed by atoms with Crippen molar-refractivity contribution in [1.82, 2.24) is 5.06 Å². The smallest absolute Gasteiger partial charge is 0.405 e. The number of carbonyl (C=O) groups excluding carboxylic acids is 2. The predicted octanol–water partition coefficient (Wildman–Crippen LogP) is 0.563. The molecule has 0 aliphatic carbocycles. The molecule has 2 amide bonds. The number of ether oxygens (including phenoxy) is 1. The van der Waals surface area contributed by atoms with Gasteiger partial charge in [0.2, 0.25) is 6.10 Å². The number of primary amides is 1. The van der Waals surface area contributed by atoms with Gasteiger partial charge in [0.25, 0.3) is 5.91 Å². The Labute approximate surface area is 102 Å². The lowest BCUT2D eigenvalue weighted by molar-refractivity contribution is -0.165. The zero-order valence-corrected chi connectivity index (χ0v) is 9.34. The van der Waals surface area contributed by atoms with Gasteiger partial charge in [-0.1, -0.05) is 12.1 Å². The van der Waals surface area contributed by atoms with E-state index in [1.165, 1.54) is 24.3 Å². The van der Waals surface area contributed by atoms with Gasteiger partial charge in [-0.15, -0.1) is 0 Å². The van der Waals surface area contributed by atoms with Gasteiger partial charge in [-0.25, -0.2) is 14.2 Å². The molecule has 1 aromatic rings. The van der Waals surface area contributed by atoms with Crippen LogP contribution in [0.5, 0.6) is 0 Å². The van der Waals surface area contributed by atoms with E-state index in [1.54, 1.807) is 0 Å². The second-order valence-electron chi connectivity index (χ2n) is 3.72. The molecular formula is C11H11FN2O4. The number of rotatable bonds is 3. The number of nitrogens with zero attached hydrogens (tertiary/aromatic N) is 1. The number of hydrogen-bond acceptors (Lipinski definition) is 4. The molecule has 1 aromatic carbocycles. The fraction of sp³-hybridized carbons (Fsp3) is 0.273. The molecule has 1 unspecified atom stereocenters. The van der Waals surface area contributed by atoms with E-state index in [4.69, 9.17) is 10.6 Å². The van der Waals surface area contributed by atoms with Gasteiger partial charge in [-0.3, -0.25) is 9.63 Å². The lowest BCUT2D eigenvalue weighted by Crippen LogP contribution is -2.33. The average Bonchev–Trinajstić information content (AvgIpc) is 2.64. The molecule has 0 saturated carbocycles. The molecule has 1 saturated heterocycles. The van der Waals surface area contributed by atoms with Crippen LogP contribution in [0.2, 0.25) is 0 Å². The van der Waals surface area contributed by atoms with Crippen LogP contribution in [-0.2, 0) is 20.9 Å². The molecule has 96 valence electrons. The molecule has 1 heterocycles. The summed E-state index contributed by atoms with van der Waals surface area (Å²) in [7, 11) is 0. The van der Waals surface area contributed by atoms with Crippen LogP contribution in [0, 0.1) is 5.82 Å². The number of amides is 2. The standard InChI is InChI=1S/C11H11FN2O4/c12-8-3-1-7(2-4-8)5-14-10(15)9(6-17-14)18-11(13)16/h1-4,9H,5-6H2,(H2,13,16). The van der Waals surface area contributed by atoms with Crippen LogP contribution in [0.15, 0.2) is 24.3 Å². The third-order valence-corrected chi connectivity index (χ3v) is 2.40. The highest BCUT2D eigenvalue weighted by molar-refractivity contribution is 5.83. The molecule has 7 heteroatoms. The minimum atomic E-state index is -1.03. The fourth-order valence-corrected chi connectivity index (χ4v) is 1.56. The first-order chi connectivity index (χ1) is 8.56. The summed E-state index contributed by atoms with van der Waals surface area (Å²) in [5.74, 6) is -0.847. The van der Waals surface area contributed by atoms with Gasteiger partial charge in [-0.05, 0) is 17.7 Å². The van der Waals surface area contributed by atoms with Gasteiger partial charge in [0.1, 0.15) is 12.4 Å². The molecule has 1 aliphatic heterocycles. The summed E-state index contributed by atoms with van der Waals surface area (Å²) in [5, 5.41) is 1.06. The van der Waals surface area contributed by atoms with E-state index in [2.05, 4.69) is 4.74 Å². The quantitative estimate of drug-likeness (QED) is 0.854. The van der Waals surface area contributed by atoms with Crippen molar-refractivity contribution in [2.75, 3.05) is 6.61 Å². The summed E-state index contributed by atoms with van der Waals surface area (Å²) in [5.41, 5.74) is 5.52. The molecule has 0 aromatic heterocycles. The van der Waals surface area contributed by atoms with E-state index in [1.807, 2.05) is 0 Å². The van der Waals surface area contributed by atoms with Crippen molar-refractivity contribution in [1.29, 1.82) is 0 Å². The molecule has 0 bridgehead atoms. The molecular weight excluding hydrogens is 243 g/mol. The number of nitrogens with two attached hydrogens (primary N) is 1. The second-order valence-corrected chi connectivity index (χ2v) is 3.72. The Kier molecular flexibility index (Phi) is 3.42. The van der Waals surface area contributed by atoms with Crippen LogP contribution in [0.4, 0.5) is 9.18 Å². The third kappa shape index (κ3) is 2.75. The van der Waals surface area contributed by atoms with E-state index in [0.29, 0.717) is 5.56 Å². The number of benzene rings is 1. The number of hydrogen-bond donors (Lipinski definition) is 1. The minimum Gasteiger partial charge on any atom is -0.434 e. The van der Waals surface area contributed by atoms with E-state index in [0.717, 1.165) is 5.06 Å². The first-order valence-electron chi connectivity index (χ1n) is 5.21. The highest BCUT2D eigenvalue weighted by Crippen LogP contribution is 2.15. The van der Waals surface area contributed by atoms with Crippen molar-refractivity contribution in [3.05, 3.63) is 35.6 Å². The number of hydroxylamine groups is 2. The molecule has 0 spiro atoms. The first-order valence-corrected chi connectivity index (χ1v) is 5.21. The molecule has 2 N–H and O–H groups in total. The Morgan fingerprint density at radius 2 is 2.17 bits per heavy atom. The molecule has 2 rings (SSSR count). The van der Waals surface area contributed by atoms with Gasteiger partial charge in [0, 0.05) is 0 Å². The highest BCUT2D eigenvalue weighted by atomic mass is 19.1. The Morgan fingerprint density at radius 3 is 2.78 bits per heavy atom. The van der Waals surface area contributed by atoms with Crippen LogP contribution in [0.3, 0.4) is 0 Å². The van der Waals surface area contributed by atoms with Gasteiger partial charge < -0.3 is 10.5 Å². The Bertz CT molecular complexity index is 463.